The molecule has 3 heteroatoms. The normalized spacial score (nSPS) is 23.2. The van der Waals surface area contributed by atoms with Crippen LogP contribution in [0.15, 0.2) is 18.2 Å². The maximum absolute atomic E-state index is 13.2. The van der Waals surface area contributed by atoms with Gasteiger partial charge in [0.05, 0.1) is 6.61 Å². The van der Waals surface area contributed by atoms with Gasteiger partial charge in [-0.2, -0.15) is 0 Å². The maximum atomic E-state index is 13.2. The molecule has 0 radical (unpaired) electrons. The van der Waals surface area contributed by atoms with E-state index < -0.39 is 0 Å². The summed E-state index contributed by atoms with van der Waals surface area (Å²) in [6, 6.07) is 5.10. The van der Waals surface area contributed by atoms with Gasteiger partial charge in [0, 0.05) is 24.1 Å². The van der Waals surface area contributed by atoms with Crippen molar-refractivity contribution in [1.82, 2.24) is 5.32 Å². The minimum atomic E-state index is -0.157. The lowest BCUT2D eigenvalue weighted by Gasteiger charge is -2.32. The van der Waals surface area contributed by atoms with E-state index in [9.17, 15) is 4.39 Å². The van der Waals surface area contributed by atoms with Crippen LogP contribution >= 0.6 is 0 Å². The lowest BCUT2D eigenvalue weighted by atomic mass is 9.79. The Hall–Kier alpha value is -0.930. The summed E-state index contributed by atoms with van der Waals surface area (Å²) in [7, 11) is 0. The molecular formula is C17H26FNO. The molecule has 1 heterocycles. The standard InChI is InChI=1S/C17H26FNO/c1-13-9-15(18)6-5-14(13)10-17(7-8-20-12-17)11-19-16(2,3)4/h5-6,9,19H,7-8,10-12H2,1-4H3. The van der Waals surface area contributed by atoms with E-state index in [1.807, 2.05) is 13.0 Å². The van der Waals surface area contributed by atoms with E-state index in [4.69, 9.17) is 4.74 Å². The number of benzene rings is 1. The van der Waals surface area contributed by atoms with Crippen LogP contribution < -0.4 is 5.32 Å². The Morgan fingerprint density at radius 1 is 1.35 bits per heavy atom. The molecule has 0 bridgehead atoms. The zero-order chi connectivity index (χ0) is 14.8. The van der Waals surface area contributed by atoms with E-state index in [0.29, 0.717) is 0 Å². The zero-order valence-corrected chi connectivity index (χ0v) is 13.1. The van der Waals surface area contributed by atoms with E-state index in [-0.39, 0.29) is 16.8 Å². The van der Waals surface area contributed by atoms with E-state index >= 15 is 0 Å². The van der Waals surface area contributed by atoms with Gasteiger partial charge in [0.2, 0.25) is 0 Å². The summed E-state index contributed by atoms with van der Waals surface area (Å²) < 4.78 is 18.9. The van der Waals surface area contributed by atoms with Crippen molar-refractivity contribution in [2.45, 2.75) is 46.1 Å². The summed E-state index contributed by atoms with van der Waals surface area (Å²) in [6.45, 7) is 11.1. The average Bonchev–Trinajstić information content (AvgIpc) is 2.79. The summed E-state index contributed by atoms with van der Waals surface area (Å²) in [6.07, 6.45) is 2.01. The third kappa shape index (κ3) is 4.03. The highest BCUT2D eigenvalue weighted by atomic mass is 19.1. The van der Waals surface area contributed by atoms with Crippen molar-refractivity contribution < 1.29 is 9.13 Å². The molecule has 1 N–H and O–H groups in total. The molecule has 1 aliphatic rings. The number of aryl methyl sites for hydroxylation is 1. The van der Waals surface area contributed by atoms with Gasteiger partial charge in [0.1, 0.15) is 5.82 Å². The Labute approximate surface area is 121 Å². The van der Waals surface area contributed by atoms with Gasteiger partial charge < -0.3 is 10.1 Å². The van der Waals surface area contributed by atoms with Gasteiger partial charge in [0.15, 0.2) is 0 Å². The fourth-order valence-corrected chi connectivity index (χ4v) is 2.71. The molecular weight excluding hydrogens is 253 g/mol. The average molecular weight is 279 g/mol. The second-order valence-corrected chi connectivity index (χ2v) is 7.15. The SMILES string of the molecule is Cc1cc(F)ccc1CC1(CNC(C)(C)C)CCOC1. The van der Waals surface area contributed by atoms with Crippen LogP contribution in [-0.2, 0) is 11.2 Å². The summed E-state index contributed by atoms with van der Waals surface area (Å²) in [5.41, 5.74) is 2.50. The van der Waals surface area contributed by atoms with Gasteiger partial charge in [0.25, 0.3) is 0 Å². The van der Waals surface area contributed by atoms with Crippen molar-refractivity contribution in [2.75, 3.05) is 19.8 Å². The molecule has 1 aromatic rings. The Kier molecular flexibility index (Phi) is 4.50. The molecule has 1 fully saturated rings. The van der Waals surface area contributed by atoms with Crippen LogP contribution in [0.3, 0.4) is 0 Å². The third-order valence-corrected chi connectivity index (χ3v) is 4.05. The van der Waals surface area contributed by atoms with Crippen LogP contribution in [0.2, 0.25) is 0 Å². The number of halogens is 1. The Morgan fingerprint density at radius 2 is 2.10 bits per heavy atom. The van der Waals surface area contributed by atoms with Gasteiger partial charge in [-0.3, -0.25) is 0 Å². The van der Waals surface area contributed by atoms with Crippen LogP contribution in [0.1, 0.15) is 38.3 Å². The van der Waals surface area contributed by atoms with Crippen LogP contribution in [0.4, 0.5) is 4.39 Å². The summed E-state index contributed by atoms with van der Waals surface area (Å²) in [4.78, 5) is 0. The highest BCUT2D eigenvalue weighted by molar-refractivity contribution is 5.28. The highest BCUT2D eigenvalue weighted by Gasteiger charge is 2.36. The van der Waals surface area contributed by atoms with E-state index in [2.05, 4.69) is 26.1 Å². The lowest BCUT2D eigenvalue weighted by Crippen LogP contribution is -2.45. The van der Waals surface area contributed by atoms with Gasteiger partial charge in [-0.1, -0.05) is 6.07 Å². The third-order valence-electron chi connectivity index (χ3n) is 4.05. The number of ether oxygens (including phenoxy) is 1. The minimum Gasteiger partial charge on any atom is -0.381 e. The molecule has 1 saturated heterocycles. The van der Waals surface area contributed by atoms with Crippen LogP contribution in [0, 0.1) is 18.2 Å². The molecule has 112 valence electrons. The van der Waals surface area contributed by atoms with Gasteiger partial charge in [-0.05, 0) is 63.8 Å². The van der Waals surface area contributed by atoms with Crippen LogP contribution in [0.25, 0.3) is 0 Å². The van der Waals surface area contributed by atoms with E-state index in [1.165, 1.54) is 5.56 Å². The van der Waals surface area contributed by atoms with E-state index in [0.717, 1.165) is 38.2 Å². The molecule has 2 rings (SSSR count). The molecule has 1 unspecified atom stereocenters. The van der Waals surface area contributed by atoms with Gasteiger partial charge in [-0.25, -0.2) is 4.39 Å². The molecule has 0 aromatic heterocycles. The Balaban J connectivity index is 2.12. The number of hydrogen-bond acceptors (Lipinski definition) is 2. The number of hydrogen-bond donors (Lipinski definition) is 1. The second-order valence-electron chi connectivity index (χ2n) is 7.15. The summed E-state index contributed by atoms with van der Waals surface area (Å²) in [5.74, 6) is -0.157. The van der Waals surface area contributed by atoms with Crippen molar-refractivity contribution in [1.29, 1.82) is 0 Å². The minimum absolute atomic E-state index is 0.105. The Morgan fingerprint density at radius 3 is 2.65 bits per heavy atom. The molecule has 0 amide bonds. The monoisotopic (exact) mass is 279 g/mol. The fourth-order valence-electron chi connectivity index (χ4n) is 2.71. The van der Waals surface area contributed by atoms with Crippen molar-refractivity contribution in [2.24, 2.45) is 5.41 Å². The summed E-state index contributed by atoms with van der Waals surface area (Å²) in [5, 5.41) is 3.60. The highest BCUT2D eigenvalue weighted by Crippen LogP contribution is 2.33. The van der Waals surface area contributed by atoms with Crippen molar-refractivity contribution >= 4 is 0 Å². The molecule has 1 atom stereocenters. The lowest BCUT2D eigenvalue weighted by molar-refractivity contribution is 0.144. The largest absolute Gasteiger partial charge is 0.381 e. The van der Waals surface area contributed by atoms with Crippen molar-refractivity contribution in [3.63, 3.8) is 0 Å². The number of rotatable bonds is 4. The maximum Gasteiger partial charge on any atom is 0.123 e. The van der Waals surface area contributed by atoms with Crippen molar-refractivity contribution in [3.05, 3.63) is 35.1 Å². The first-order valence-electron chi connectivity index (χ1n) is 7.38. The quantitative estimate of drug-likeness (QED) is 0.911. The van der Waals surface area contributed by atoms with Crippen molar-refractivity contribution in [3.8, 4) is 0 Å². The molecule has 1 aliphatic heterocycles. The first kappa shape index (κ1) is 15.5. The predicted octanol–water partition coefficient (Wildman–Crippen LogP) is 3.47. The second kappa shape index (κ2) is 5.82. The Bertz CT molecular complexity index is 459. The molecule has 1 aromatic carbocycles. The molecule has 0 spiro atoms. The fraction of sp³-hybridized carbons (Fsp3) is 0.647. The van der Waals surface area contributed by atoms with Gasteiger partial charge in [-0.15, -0.1) is 0 Å². The van der Waals surface area contributed by atoms with Crippen LogP contribution in [0.5, 0.6) is 0 Å². The number of nitrogens with one attached hydrogen (secondary N) is 1. The molecule has 0 saturated carbocycles. The van der Waals surface area contributed by atoms with E-state index in [1.54, 1.807) is 12.1 Å². The first-order valence-corrected chi connectivity index (χ1v) is 7.38. The molecule has 2 nitrogen and oxygen atoms in total. The van der Waals surface area contributed by atoms with Gasteiger partial charge >= 0.3 is 0 Å². The smallest absolute Gasteiger partial charge is 0.123 e. The van der Waals surface area contributed by atoms with Crippen LogP contribution in [-0.4, -0.2) is 25.3 Å². The molecule has 0 aliphatic carbocycles. The predicted molar refractivity (Wildman–Crippen MR) is 80.5 cm³/mol. The topological polar surface area (TPSA) is 21.3 Å². The summed E-state index contributed by atoms with van der Waals surface area (Å²) >= 11 is 0. The molecule has 20 heavy (non-hydrogen) atoms. The first-order chi connectivity index (χ1) is 9.30. The zero-order valence-electron chi connectivity index (χ0n) is 13.1.